The molecule has 0 atom stereocenters. The van der Waals surface area contributed by atoms with Gasteiger partial charge in [0.25, 0.3) is 0 Å². The molecule has 0 saturated carbocycles. The maximum atomic E-state index is 12.0. The Balaban J connectivity index is 1.78. The fourth-order valence-corrected chi connectivity index (χ4v) is 2.12. The van der Waals surface area contributed by atoms with Crippen molar-refractivity contribution < 1.29 is 14.3 Å². The van der Waals surface area contributed by atoms with Crippen molar-refractivity contribution in [1.82, 2.24) is 0 Å². The third kappa shape index (κ3) is 2.68. The first-order valence-corrected chi connectivity index (χ1v) is 6.48. The molecular weight excluding hydrogens is 276 g/mol. The van der Waals surface area contributed by atoms with Gasteiger partial charge >= 0.3 is 0 Å². The number of halogens is 1. The lowest BCUT2D eigenvalue weighted by molar-refractivity contribution is 0.104. The van der Waals surface area contributed by atoms with E-state index < -0.39 is 0 Å². The van der Waals surface area contributed by atoms with Crippen LogP contribution in [0.15, 0.2) is 48.5 Å². The molecule has 0 aliphatic carbocycles. The van der Waals surface area contributed by atoms with Gasteiger partial charge < -0.3 is 9.47 Å². The first kappa shape index (κ1) is 12.8. The maximum Gasteiger partial charge on any atom is 0.231 e. The van der Waals surface area contributed by atoms with Gasteiger partial charge in [0.1, 0.15) is 0 Å². The summed E-state index contributed by atoms with van der Waals surface area (Å²) in [5, 5.41) is 0.548. The highest BCUT2D eigenvalue weighted by molar-refractivity contribution is 6.31. The lowest BCUT2D eigenvalue weighted by Gasteiger charge is -1.98. The number of carbonyl (C=O) groups is 1. The summed E-state index contributed by atoms with van der Waals surface area (Å²) in [4.78, 5) is 12.0. The van der Waals surface area contributed by atoms with Gasteiger partial charge in [-0.15, -0.1) is 0 Å². The molecular formula is C16H11ClO3. The summed E-state index contributed by atoms with van der Waals surface area (Å²) in [6.45, 7) is 0.240. The predicted octanol–water partition coefficient (Wildman–Crippen LogP) is 3.96. The van der Waals surface area contributed by atoms with Crippen LogP contribution in [0.5, 0.6) is 11.5 Å². The Kier molecular flexibility index (Phi) is 3.44. The Morgan fingerprint density at radius 3 is 2.80 bits per heavy atom. The zero-order valence-electron chi connectivity index (χ0n) is 10.5. The van der Waals surface area contributed by atoms with Gasteiger partial charge in [0.15, 0.2) is 17.3 Å². The quantitative estimate of drug-likeness (QED) is 0.633. The van der Waals surface area contributed by atoms with E-state index in [1.807, 2.05) is 18.2 Å². The standard InChI is InChI=1S/C16H11ClO3/c17-13-3-1-2-12(9-13)14(18)6-4-11-5-7-15-16(8-11)20-10-19-15/h1-9H,10H2/b6-4+. The molecule has 1 heterocycles. The third-order valence-corrected chi connectivity index (χ3v) is 3.17. The van der Waals surface area contributed by atoms with Crippen molar-refractivity contribution in [2.45, 2.75) is 0 Å². The Labute approximate surface area is 121 Å². The summed E-state index contributed by atoms with van der Waals surface area (Å²) in [6.07, 6.45) is 3.26. The van der Waals surface area contributed by atoms with Gasteiger partial charge in [-0.05, 0) is 35.9 Å². The summed E-state index contributed by atoms with van der Waals surface area (Å²) in [7, 11) is 0. The van der Waals surface area contributed by atoms with Crippen LogP contribution in [0.2, 0.25) is 5.02 Å². The number of allylic oxidation sites excluding steroid dienone is 1. The molecule has 0 spiro atoms. The number of ketones is 1. The van der Waals surface area contributed by atoms with Gasteiger partial charge in [0.05, 0.1) is 0 Å². The fraction of sp³-hybridized carbons (Fsp3) is 0.0625. The number of rotatable bonds is 3. The van der Waals surface area contributed by atoms with Gasteiger partial charge in [-0.2, -0.15) is 0 Å². The molecule has 4 heteroatoms. The van der Waals surface area contributed by atoms with E-state index in [-0.39, 0.29) is 12.6 Å². The van der Waals surface area contributed by atoms with E-state index in [2.05, 4.69) is 0 Å². The highest BCUT2D eigenvalue weighted by Crippen LogP contribution is 2.32. The summed E-state index contributed by atoms with van der Waals surface area (Å²) in [5.74, 6) is 1.33. The largest absolute Gasteiger partial charge is 0.454 e. The molecule has 1 aliphatic heterocycles. The molecule has 2 aromatic rings. The first-order valence-electron chi connectivity index (χ1n) is 6.10. The molecule has 3 nitrogen and oxygen atoms in total. The van der Waals surface area contributed by atoms with Crippen LogP contribution in [0.3, 0.4) is 0 Å². The summed E-state index contributed by atoms with van der Waals surface area (Å²) >= 11 is 5.86. The molecule has 100 valence electrons. The van der Waals surface area contributed by atoms with Crippen LogP contribution in [-0.4, -0.2) is 12.6 Å². The topological polar surface area (TPSA) is 35.5 Å². The molecule has 20 heavy (non-hydrogen) atoms. The van der Waals surface area contributed by atoms with E-state index in [1.165, 1.54) is 6.08 Å². The molecule has 0 N–H and O–H groups in total. The number of carbonyl (C=O) groups excluding carboxylic acids is 1. The second-order valence-corrected chi connectivity index (χ2v) is 4.76. The highest BCUT2D eigenvalue weighted by Gasteiger charge is 2.12. The van der Waals surface area contributed by atoms with Gasteiger partial charge in [-0.3, -0.25) is 4.79 Å². The van der Waals surface area contributed by atoms with E-state index in [9.17, 15) is 4.79 Å². The fourth-order valence-electron chi connectivity index (χ4n) is 1.93. The van der Waals surface area contributed by atoms with Crippen LogP contribution in [-0.2, 0) is 0 Å². The summed E-state index contributed by atoms with van der Waals surface area (Å²) in [5.41, 5.74) is 1.44. The van der Waals surface area contributed by atoms with Crippen LogP contribution in [0.1, 0.15) is 15.9 Å². The second-order valence-electron chi connectivity index (χ2n) is 4.32. The Bertz CT molecular complexity index is 692. The van der Waals surface area contributed by atoms with E-state index in [0.29, 0.717) is 16.3 Å². The Hall–Kier alpha value is -2.26. The monoisotopic (exact) mass is 286 g/mol. The van der Waals surface area contributed by atoms with E-state index in [4.69, 9.17) is 21.1 Å². The van der Waals surface area contributed by atoms with Crippen molar-refractivity contribution in [2.75, 3.05) is 6.79 Å². The Morgan fingerprint density at radius 2 is 1.95 bits per heavy atom. The zero-order valence-corrected chi connectivity index (χ0v) is 11.3. The number of benzene rings is 2. The average molecular weight is 287 g/mol. The lowest BCUT2D eigenvalue weighted by atomic mass is 10.1. The predicted molar refractivity (Wildman–Crippen MR) is 77.4 cm³/mol. The number of fused-ring (bicyclic) bond motifs is 1. The van der Waals surface area contributed by atoms with Crippen molar-refractivity contribution in [3.05, 3.63) is 64.7 Å². The molecule has 0 fully saturated rings. The lowest BCUT2D eigenvalue weighted by Crippen LogP contribution is -1.93. The summed E-state index contributed by atoms with van der Waals surface area (Å²) in [6, 6.07) is 12.4. The average Bonchev–Trinajstić information content (AvgIpc) is 2.92. The number of ether oxygens (including phenoxy) is 2. The minimum atomic E-state index is -0.0924. The molecule has 0 radical (unpaired) electrons. The Morgan fingerprint density at radius 1 is 1.10 bits per heavy atom. The highest BCUT2D eigenvalue weighted by atomic mass is 35.5. The smallest absolute Gasteiger partial charge is 0.231 e. The maximum absolute atomic E-state index is 12.0. The van der Waals surface area contributed by atoms with Gasteiger partial charge in [0.2, 0.25) is 6.79 Å². The van der Waals surface area contributed by atoms with E-state index in [1.54, 1.807) is 30.3 Å². The van der Waals surface area contributed by atoms with Gasteiger partial charge in [0, 0.05) is 10.6 Å². The zero-order chi connectivity index (χ0) is 13.9. The number of hydrogen-bond acceptors (Lipinski definition) is 3. The van der Waals surface area contributed by atoms with Crippen LogP contribution in [0.4, 0.5) is 0 Å². The molecule has 3 rings (SSSR count). The second kappa shape index (κ2) is 5.39. The van der Waals surface area contributed by atoms with Crippen molar-refractivity contribution in [3.8, 4) is 11.5 Å². The van der Waals surface area contributed by atoms with Gasteiger partial charge in [-0.25, -0.2) is 0 Å². The van der Waals surface area contributed by atoms with E-state index in [0.717, 1.165) is 11.3 Å². The van der Waals surface area contributed by atoms with Crippen molar-refractivity contribution in [3.63, 3.8) is 0 Å². The molecule has 1 aliphatic rings. The van der Waals surface area contributed by atoms with Crippen molar-refractivity contribution in [2.24, 2.45) is 0 Å². The minimum Gasteiger partial charge on any atom is -0.454 e. The molecule has 0 amide bonds. The van der Waals surface area contributed by atoms with Crippen molar-refractivity contribution >= 4 is 23.5 Å². The minimum absolute atomic E-state index is 0.0924. The van der Waals surface area contributed by atoms with E-state index >= 15 is 0 Å². The molecule has 0 saturated heterocycles. The van der Waals surface area contributed by atoms with Gasteiger partial charge in [-0.1, -0.05) is 35.9 Å². The van der Waals surface area contributed by atoms with Crippen LogP contribution < -0.4 is 9.47 Å². The molecule has 0 bridgehead atoms. The third-order valence-electron chi connectivity index (χ3n) is 2.93. The SMILES string of the molecule is O=C(/C=C/c1ccc2c(c1)OCO2)c1cccc(Cl)c1. The van der Waals surface area contributed by atoms with Crippen LogP contribution >= 0.6 is 11.6 Å². The van der Waals surface area contributed by atoms with Crippen LogP contribution in [0.25, 0.3) is 6.08 Å². The molecule has 2 aromatic carbocycles. The normalized spacial score (nSPS) is 12.8. The van der Waals surface area contributed by atoms with Crippen LogP contribution in [0, 0.1) is 0 Å². The number of hydrogen-bond donors (Lipinski definition) is 0. The summed E-state index contributed by atoms with van der Waals surface area (Å²) < 4.78 is 10.5. The first-order chi connectivity index (χ1) is 9.72. The van der Waals surface area contributed by atoms with Crippen molar-refractivity contribution in [1.29, 1.82) is 0 Å². The molecule has 0 unspecified atom stereocenters. The molecule has 0 aromatic heterocycles.